The predicted molar refractivity (Wildman–Crippen MR) is 142 cm³/mol. The number of nitrogens with one attached hydrogen (secondary N) is 2. The molecule has 6 rings (SSSR count). The molecule has 0 aliphatic carbocycles. The van der Waals surface area contributed by atoms with Crippen molar-refractivity contribution in [3.63, 3.8) is 0 Å². The molecule has 2 aliphatic rings. The number of piperazine rings is 1. The minimum absolute atomic E-state index is 0.0823. The lowest BCUT2D eigenvalue weighted by Gasteiger charge is -2.43. The van der Waals surface area contributed by atoms with E-state index in [1.54, 1.807) is 25.4 Å². The number of amides is 1. The van der Waals surface area contributed by atoms with Gasteiger partial charge in [0.25, 0.3) is 5.91 Å². The standard InChI is InChI=1S/C28H30FN7O/c1-18-3-4-20(14-24(18)29)25-17-32-27-26(31-7-8-36(25)27)33-21-5-6-23(19(2)13-21)28(37)35-11-9-34(10-12-35)22-15-30-16-22/h3-8,13-14,17,22,30H,9-12,15-16H2,1-2H3,(H,31,33). The third-order valence-corrected chi connectivity index (χ3v) is 7.49. The van der Waals surface area contributed by atoms with E-state index >= 15 is 0 Å². The average Bonchev–Trinajstić information content (AvgIpc) is 3.30. The summed E-state index contributed by atoms with van der Waals surface area (Å²) in [6, 6.07) is 11.5. The Morgan fingerprint density at radius 2 is 1.84 bits per heavy atom. The van der Waals surface area contributed by atoms with Crippen LogP contribution in [-0.2, 0) is 0 Å². The largest absolute Gasteiger partial charge is 0.337 e. The number of fused-ring (bicyclic) bond motifs is 1. The van der Waals surface area contributed by atoms with Crippen LogP contribution >= 0.6 is 0 Å². The minimum atomic E-state index is -0.248. The van der Waals surface area contributed by atoms with Crippen LogP contribution in [0.4, 0.5) is 15.9 Å². The van der Waals surface area contributed by atoms with Gasteiger partial charge in [0.1, 0.15) is 5.82 Å². The Balaban J connectivity index is 1.19. The monoisotopic (exact) mass is 499 g/mol. The van der Waals surface area contributed by atoms with Crippen LogP contribution in [0, 0.1) is 19.7 Å². The van der Waals surface area contributed by atoms with E-state index in [-0.39, 0.29) is 11.7 Å². The van der Waals surface area contributed by atoms with Crippen LogP contribution in [0.3, 0.4) is 0 Å². The van der Waals surface area contributed by atoms with Crippen molar-refractivity contribution in [1.29, 1.82) is 0 Å². The van der Waals surface area contributed by atoms with Gasteiger partial charge in [-0.05, 0) is 49.2 Å². The maximum absolute atomic E-state index is 14.2. The van der Waals surface area contributed by atoms with E-state index in [9.17, 15) is 9.18 Å². The maximum atomic E-state index is 14.2. The fourth-order valence-corrected chi connectivity index (χ4v) is 5.08. The number of anilines is 2. The van der Waals surface area contributed by atoms with Crippen LogP contribution in [0.2, 0.25) is 0 Å². The molecule has 0 atom stereocenters. The summed E-state index contributed by atoms with van der Waals surface area (Å²) in [7, 11) is 0. The normalized spacial score (nSPS) is 16.7. The first kappa shape index (κ1) is 23.6. The Kier molecular flexibility index (Phi) is 6.10. The molecule has 2 aromatic carbocycles. The molecule has 0 bridgehead atoms. The highest BCUT2D eigenvalue weighted by molar-refractivity contribution is 5.96. The van der Waals surface area contributed by atoms with Gasteiger partial charge < -0.3 is 15.5 Å². The highest BCUT2D eigenvalue weighted by Crippen LogP contribution is 2.27. The smallest absolute Gasteiger partial charge is 0.254 e. The Hall–Kier alpha value is -3.82. The fourth-order valence-electron chi connectivity index (χ4n) is 5.08. The molecule has 190 valence electrons. The summed E-state index contributed by atoms with van der Waals surface area (Å²) in [4.78, 5) is 26.7. The van der Waals surface area contributed by atoms with Gasteiger partial charge in [0.05, 0.1) is 11.9 Å². The first-order valence-corrected chi connectivity index (χ1v) is 12.7. The summed E-state index contributed by atoms with van der Waals surface area (Å²) in [5, 5.41) is 6.66. The van der Waals surface area contributed by atoms with Gasteiger partial charge in [0, 0.05) is 74.5 Å². The SMILES string of the molecule is Cc1ccc(-c2cnc3c(Nc4ccc(C(=O)N5CCN(C6CNC6)CC5)c(C)c4)nccn23)cc1F. The summed E-state index contributed by atoms with van der Waals surface area (Å²) in [6.45, 7) is 9.17. The van der Waals surface area contributed by atoms with E-state index < -0.39 is 0 Å². The van der Waals surface area contributed by atoms with E-state index in [0.717, 1.165) is 67.3 Å². The van der Waals surface area contributed by atoms with Gasteiger partial charge in [-0.15, -0.1) is 0 Å². The van der Waals surface area contributed by atoms with Gasteiger partial charge in [-0.25, -0.2) is 14.4 Å². The molecule has 0 spiro atoms. The Bertz CT molecular complexity index is 1470. The van der Waals surface area contributed by atoms with Gasteiger partial charge in [-0.2, -0.15) is 0 Å². The van der Waals surface area contributed by atoms with Crippen molar-refractivity contribution < 1.29 is 9.18 Å². The molecular formula is C28H30FN7O. The maximum Gasteiger partial charge on any atom is 0.254 e. The van der Waals surface area contributed by atoms with Crippen molar-refractivity contribution in [2.75, 3.05) is 44.6 Å². The molecule has 0 unspecified atom stereocenters. The number of carbonyl (C=O) groups excluding carboxylic acids is 1. The number of halogens is 1. The van der Waals surface area contributed by atoms with Gasteiger partial charge >= 0.3 is 0 Å². The molecule has 0 saturated carbocycles. The zero-order valence-corrected chi connectivity index (χ0v) is 21.0. The quantitative estimate of drug-likeness (QED) is 0.437. The van der Waals surface area contributed by atoms with E-state index in [4.69, 9.17) is 0 Å². The molecule has 8 nitrogen and oxygen atoms in total. The molecule has 4 heterocycles. The van der Waals surface area contributed by atoms with Gasteiger partial charge in [-0.1, -0.05) is 12.1 Å². The summed E-state index contributed by atoms with van der Waals surface area (Å²) in [6.07, 6.45) is 5.23. The van der Waals surface area contributed by atoms with E-state index in [1.165, 1.54) is 6.07 Å². The summed E-state index contributed by atoms with van der Waals surface area (Å²) in [5.41, 5.74) is 5.22. The number of hydrogen-bond donors (Lipinski definition) is 2. The van der Waals surface area contributed by atoms with Gasteiger partial charge in [-0.3, -0.25) is 14.1 Å². The number of rotatable bonds is 5. The van der Waals surface area contributed by atoms with E-state index in [2.05, 4.69) is 25.5 Å². The topological polar surface area (TPSA) is 77.8 Å². The zero-order chi connectivity index (χ0) is 25.5. The number of aromatic nitrogens is 3. The van der Waals surface area contributed by atoms with Crippen molar-refractivity contribution in [3.05, 3.63) is 77.5 Å². The Labute approximate surface area is 215 Å². The predicted octanol–water partition coefficient (Wildman–Crippen LogP) is 3.63. The third kappa shape index (κ3) is 4.45. The lowest BCUT2D eigenvalue weighted by Crippen LogP contribution is -2.62. The summed E-state index contributed by atoms with van der Waals surface area (Å²) >= 11 is 0. The average molecular weight is 500 g/mol. The fraction of sp³-hybridized carbons (Fsp3) is 0.321. The number of imidazole rings is 1. The first-order chi connectivity index (χ1) is 18.0. The highest BCUT2D eigenvalue weighted by Gasteiger charge is 2.29. The van der Waals surface area contributed by atoms with Gasteiger partial charge in [0.2, 0.25) is 0 Å². The number of aryl methyl sites for hydroxylation is 2. The van der Waals surface area contributed by atoms with Crippen LogP contribution in [0.5, 0.6) is 0 Å². The molecular weight excluding hydrogens is 469 g/mol. The zero-order valence-electron chi connectivity index (χ0n) is 21.0. The van der Waals surface area contributed by atoms with Crippen LogP contribution in [0.1, 0.15) is 21.5 Å². The lowest BCUT2D eigenvalue weighted by atomic mass is 10.1. The second-order valence-electron chi connectivity index (χ2n) is 9.87. The number of nitrogens with zero attached hydrogens (tertiary/aromatic N) is 5. The number of hydrogen-bond acceptors (Lipinski definition) is 6. The van der Waals surface area contributed by atoms with E-state index in [0.29, 0.717) is 23.1 Å². The first-order valence-electron chi connectivity index (χ1n) is 12.7. The van der Waals surface area contributed by atoms with E-state index in [1.807, 2.05) is 46.7 Å². The molecule has 0 radical (unpaired) electrons. The summed E-state index contributed by atoms with van der Waals surface area (Å²) < 4.78 is 16.1. The van der Waals surface area contributed by atoms with Crippen molar-refractivity contribution >= 4 is 23.1 Å². The highest BCUT2D eigenvalue weighted by atomic mass is 19.1. The van der Waals surface area contributed by atoms with Crippen LogP contribution in [-0.4, -0.2) is 75.4 Å². The van der Waals surface area contributed by atoms with Crippen molar-refractivity contribution in [3.8, 4) is 11.3 Å². The Morgan fingerprint density at radius 3 is 2.54 bits per heavy atom. The number of benzene rings is 2. The molecule has 2 aliphatic heterocycles. The third-order valence-electron chi connectivity index (χ3n) is 7.49. The molecule has 2 N–H and O–H groups in total. The summed E-state index contributed by atoms with van der Waals surface area (Å²) in [5.74, 6) is 0.419. The lowest BCUT2D eigenvalue weighted by molar-refractivity contribution is 0.0501. The van der Waals surface area contributed by atoms with Crippen molar-refractivity contribution in [2.45, 2.75) is 19.9 Å². The van der Waals surface area contributed by atoms with Crippen LogP contribution in [0.25, 0.3) is 16.9 Å². The molecule has 2 aromatic heterocycles. The van der Waals surface area contributed by atoms with Crippen LogP contribution in [0.15, 0.2) is 55.0 Å². The second-order valence-corrected chi connectivity index (χ2v) is 9.87. The molecule has 4 aromatic rings. The number of carbonyl (C=O) groups is 1. The van der Waals surface area contributed by atoms with Gasteiger partial charge in [0.15, 0.2) is 11.5 Å². The second kappa shape index (κ2) is 9.57. The van der Waals surface area contributed by atoms with Crippen LogP contribution < -0.4 is 10.6 Å². The molecule has 2 fully saturated rings. The molecule has 9 heteroatoms. The minimum Gasteiger partial charge on any atom is -0.337 e. The molecule has 37 heavy (non-hydrogen) atoms. The van der Waals surface area contributed by atoms with Crippen molar-refractivity contribution in [1.82, 2.24) is 29.5 Å². The van der Waals surface area contributed by atoms with Crippen molar-refractivity contribution in [2.24, 2.45) is 0 Å². The molecule has 1 amide bonds. The molecule has 2 saturated heterocycles. The Morgan fingerprint density at radius 1 is 1.03 bits per heavy atom.